The molecule has 0 atom stereocenters. The standard InChI is InChI=1S/C18H14FNO5/c19-12-4-3-5-13(10-12)25-11-16(21)24-9-8-20-17(22)14-6-1-2-7-15(14)18(20)23/h1-7,10H,8-9,11H2. The van der Waals surface area contributed by atoms with Crippen molar-refractivity contribution in [2.75, 3.05) is 19.8 Å². The van der Waals surface area contributed by atoms with E-state index in [-0.39, 0.29) is 18.9 Å². The van der Waals surface area contributed by atoms with Crippen LogP contribution in [0.4, 0.5) is 4.39 Å². The number of benzene rings is 2. The van der Waals surface area contributed by atoms with Crippen molar-refractivity contribution in [3.05, 3.63) is 65.5 Å². The van der Waals surface area contributed by atoms with Crippen LogP contribution in [0.2, 0.25) is 0 Å². The number of hydrogen-bond acceptors (Lipinski definition) is 5. The summed E-state index contributed by atoms with van der Waals surface area (Å²) in [6, 6.07) is 11.9. The SMILES string of the molecule is O=C(COc1cccc(F)c1)OCCN1C(=O)c2ccccc2C1=O. The first-order chi connectivity index (χ1) is 12.1. The van der Waals surface area contributed by atoms with E-state index in [1.807, 2.05) is 0 Å². The van der Waals surface area contributed by atoms with Gasteiger partial charge in [0.15, 0.2) is 6.61 Å². The second kappa shape index (κ2) is 7.12. The van der Waals surface area contributed by atoms with Gasteiger partial charge in [-0.2, -0.15) is 0 Å². The van der Waals surface area contributed by atoms with Crippen LogP contribution in [-0.4, -0.2) is 42.4 Å². The minimum absolute atomic E-state index is 0.0436. The molecule has 3 rings (SSSR count). The molecule has 0 N–H and O–H groups in total. The molecule has 0 radical (unpaired) electrons. The molecule has 1 aliphatic heterocycles. The largest absolute Gasteiger partial charge is 0.482 e. The molecule has 1 aliphatic rings. The van der Waals surface area contributed by atoms with Gasteiger partial charge in [0.05, 0.1) is 17.7 Å². The van der Waals surface area contributed by atoms with Gasteiger partial charge >= 0.3 is 5.97 Å². The summed E-state index contributed by atoms with van der Waals surface area (Å²) in [7, 11) is 0. The Kier molecular flexibility index (Phi) is 4.74. The smallest absolute Gasteiger partial charge is 0.344 e. The van der Waals surface area contributed by atoms with E-state index in [0.717, 1.165) is 11.0 Å². The zero-order valence-electron chi connectivity index (χ0n) is 13.1. The first-order valence-electron chi connectivity index (χ1n) is 7.55. The minimum Gasteiger partial charge on any atom is -0.482 e. The molecule has 0 bridgehead atoms. The maximum Gasteiger partial charge on any atom is 0.344 e. The van der Waals surface area contributed by atoms with E-state index in [9.17, 15) is 18.8 Å². The summed E-state index contributed by atoms with van der Waals surface area (Å²) in [5.74, 6) is -1.77. The quantitative estimate of drug-likeness (QED) is 0.593. The first kappa shape index (κ1) is 16.6. The van der Waals surface area contributed by atoms with Crippen molar-refractivity contribution in [1.82, 2.24) is 4.90 Å². The molecule has 6 nitrogen and oxygen atoms in total. The van der Waals surface area contributed by atoms with Gasteiger partial charge in [0, 0.05) is 6.07 Å². The Labute approximate surface area is 142 Å². The van der Waals surface area contributed by atoms with Crippen LogP contribution in [-0.2, 0) is 9.53 Å². The Morgan fingerprint density at radius 1 is 1.00 bits per heavy atom. The number of halogens is 1. The number of carbonyl (C=O) groups excluding carboxylic acids is 3. The zero-order valence-corrected chi connectivity index (χ0v) is 13.1. The van der Waals surface area contributed by atoms with Crippen LogP contribution in [0.25, 0.3) is 0 Å². The van der Waals surface area contributed by atoms with E-state index < -0.39 is 30.2 Å². The molecular weight excluding hydrogens is 329 g/mol. The number of esters is 1. The fourth-order valence-corrected chi connectivity index (χ4v) is 2.43. The van der Waals surface area contributed by atoms with Crippen molar-refractivity contribution in [3.8, 4) is 5.75 Å². The van der Waals surface area contributed by atoms with E-state index in [2.05, 4.69) is 0 Å². The molecule has 2 aromatic rings. The average molecular weight is 343 g/mol. The number of hydrogen-bond donors (Lipinski definition) is 0. The molecule has 2 amide bonds. The molecule has 25 heavy (non-hydrogen) atoms. The Morgan fingerprint density at radius 2 is 1.68 bits per heavy atom. The van der Waals surface area contributed by atoms with Crippen molar-refractivity contribution >= 4 is 17.8 Å². The highest BCUT2D eigenvalue weighted by molar-refractivity contribution is 6.21. The lowest BCUT2D eigenvalue weighted by Crippen LogP contribution is -2.33. The second-order valence-electron chi connectivity index (χ2n) is 5.27. The topological polar surface area (TPSA) is 72.9 Å². The molecule has 0 aliphatic carbocycles. The summed E-state index contributed by atoms with van der Waals surface area (Å²) in [5.41, 5.74) is 0.682. The number of amides is 2. The molecule has 0 aromatic heterocycles. The van der Waals surface area contributed by atoms with Crippen molar-refractivity contribution in [2.45, 2.75) is 0 Å². The molecule has 1 heterocycles. The third kappa shape index (κ3) is 3.65. The summed E-state index contributed by atoms with van der Waals surface area (Å²) >= 11 is 0. The van der Waals surface area contributed by atoms with Crippen molar-refractivity contribution < 1.29 is 28.2 Å². The highest BCUT2D eigenvalue weighted by Crippen LogP contribution is 2.21. The number of imide groups is 1. The Balaban J connectivity index is 1.46. The van der Waals surface area contributed by atoms with E-state index in [0.29, 0.717) is 11.1 Å². The van der Waals surface area contributed by atoms with Crippen LogP contribution in [0.3, 0.4) is 0 Å². The molecule has 0 fully saturated rings. The molecule has 128 valence electrons. The van der Waals surface area contributed by atoms with Gasteiger partial charge in [0.1, 0.15) is 18.2 Å². The van der Waals surface area contributed by atoms with Crippen LogP contribution in [0.5, 0.6) is 5.75 Å². The highest BCUT2D eigenvalue weighted by Gasteiger charge is 2.34. The predicted molar refractivity (Wildman–Crippen MR) is 84.7 cm³/mol. The number of nitrogens with zero attached hydrogens (tertiary/aromatic N) is 1. The first-order valence-corrected chi connectivity index (χ1v) is 7.55. The average Bonchev–Trinajstić information content (AvgIpc) is 2.85. The maximum atomic E-state index is 13.0. The third-order valence-corrected chi connectivity index (χ3v) is 3.61. The normalized spacial score (nSPS) is 12.9. The van der Waals surface area contributed by atoms with E-state index in [4.69, 9.17) is 9.47 Å². The zero-order chi connectivity index (χ0) is 17.8. The number of ether oxygens (including phenoxy) is 2. The fraction of sp³-hybridized carbons (Fsp3) is 0.167. The molecule has 2 aromatic carbocycles. The number of carbonyl (C=O) groups is 3. The lowest BCUT2D eigenvalue weighted by molar-refractivity contribution is -0.146. The number of fused-ring (bicyclic) bond motifs is 1. The lowest BCUT2D eigenvalue weighted by atomic mass is 10.1. The van der Waals surface area contributed by atoms with Crippen molar-refractivity contribution in [1.29, 1.82) is 0 Å². The molecule has 0 saturated heterocycles. The summed E-state index contributed by atoms with van der Waals surface area (Å²) in [4.78, 5) is 36.9. The lowest BCUT2D eigenvalue weighted by Gasteiger charge is -2.14. The van der Waals surface area contributed by atoms with Gasteiger partial charge in [-0.05, 0) is 24.3 Å². The molecule has 0 saturated carbocycles. The van der Waals surface area contributed by atoms with Crippen LogP contribution < -0.4 is 4.74 Å². The van der Waals surface area contributed by atoms with Gasteiger partial charge < -0.3 is 9.47 Å². The highest BCUT2D eigenvalue weighted by atomic mass is 19.1. The van der Waals surface area contributed by atoms with Gasteiger partial charge in [-0.25, -0.2) is 9.18 Å². The van der Waals surface area contributed by atoms with Gasteiger partial charge in [-0.15, -0.1) is 0 Å². The summed E-state index contributed by atoms with van der Waals surface area (Å²) < 4.78 is 23.0. The van der Waals surface area contributed by atoms with E-state index in [1.54, 1.807) is 24.3 Å². The Bertz CT molecular complexity index is 801. The van der Waals surface area contributed by atoms with Crippen LogP contribution in [0.1, 0.15) is 20.7 Å². The van der Waals surface area contributed by atoms with Gasteiger partial charge in [-0.3, -0.25) is 14.5 Å². The predicted octanol–water partition coefficient (Wildman–Crippen LogP) is 2.04. The summed E-state index contributed by atoms with van der Waals surface area (Å²) in [5, 5.41) is 0. The van der Waals surface area contributed by atoms with Crippen molar-refractivity contribution in [3.63, 3.8) is 0 Å². The Morgan fingerprint density at radius 3 is 2.32 bits per heavy atom. The van der Waals surface area contributed by atoms with Crippen LogP contribution in [0.15, 0.2) is 48.5 Å². The molecule has 0 spiro atoms. The fourth-order valence-electron chi connectivity index (χ4n) is 2.43. The molecule has 7 heteroatoms. The van der Waals surface area contributed by atoms with Crippen LogP contribution in [0, 0.1) is 5.82 Å². The van der Waals surface area contributed by atoms with E-state index >= 15 is 0 Å². The second-order valence-corrected chi connectivity index (χ2v) is 5.27. The van der Waals surface area contributed by atoms with Crippen molar-refractivity contribution in [2.24, 2.45) is 0 Å². The maximum absolute atomic E-state index is 13.0. The third-order valence-electron chi connectivity index (χ3n) is 3.61. The monoisotopic (exact) mass is 343 g/mol. The van der Waals surface area contributed by atoms with Gasteiger partial charge in [0.2, 0.25) is 0 Å². The minimum atomic E-state index is -0.680. The molecular formula is C18H14FNO5. The number of rotatable bonds is 6. The van der Waals surface area contributed by atoms with Crippen LogP contribution >= 0.6 is 0 Å². The summed E-state index contributed by atoms with van der Waals surface area (Å²) in [6.45, 7) is -0.583. The summed E-state index contributed by atoms with van der Waals surface area (Å²) in [6.07, 6.45) is 0. The van der Waals surface area contributed by atoms with Gasteiger partial charge in [0.25, 0.3) is 11.8 Å². The molecule has 0 unspecified atom stereocenters. The van der Waals surface area contributed by atoms with E-state index in [1.165, 1.54) is 18.2 Å². The Hall–Kier alpha value is -3.22. The van der Waals surface area contributed by atoms with Gasteiger partial charge in [-0.1, -0.05) is 18.2 Å².